The molecule has 0 saturated carbocycles. The van der Waals surface area contributed by atoms with Crippen molar-refractivity contribution in [3.8, 4) is 17.2 Å². The summed E-state index contributed by atoms with van der Waals surface area (Å²) in [6.07, 6.45) is 8.82. The van der Waals surface area contributed by atoms with E-state index in [1.165, 1.54) is 6.08 Å². The van der Waals surface area contributed by atoms with Gasteiger partial charge in [0.15, 0.2) is 17.6 Å². The molecule has 3 aromatic rings. The number of fused-ring (bicyclic) bond motifs is 1. The first-order chi connectivity index (χ1) is 16.2. The summed E-state index contributed by atoms with van der Waals surface area (Å²) in [5.41, 5.74) is 1.38. The van der Waals surface area contributed by atoms with Crippen LogP contribution in [0.5, 0.6) is 17.2 Å². The summed E-state index contributed by atoms with van der Waals surface area (Å²) < 4.78 is 17.4. The maximum absolute atomic E-state index is 12.5. The van der Waals surface area contributed by atoms with E-state index in [9.17, 15) is 4.79 Å². The van der Waals surface area contributed by atoms with E-state index in [0.717, 1.165) is 24.2 Å². The Morgan fingerprint density at radius 2 is 2.12 bits per heavy atom. The normalized spacial score (nSPS) is 15.1. The number of amides is 1. The highest BCUT2D eigenvalue weighted by Gasteiger charge is 2.28. The molecular formula is C24H25N5O4. The lowest BCUT2D eigenvalue weighted by molar-refractivity contribution is -0.111. The Labute approximate surface area is 191 Å². The smallest absolute Gasteiger partial charge is 0.248 e. The SMILES string of the molecule is CCC=CCCOc1ccc(C=CC(=O)Nc2cccc3c2OC(c2nn[nH]n2)CO3)cc1. The van der Waals surface area contributed by atoms with Crippen molar-refractivity contribution in [2.45, 2.75) is 25.9 Å². The molecule has 1 atom stereocenters. The molecule has 2 aromatic carbocycles. The third-order valence-electron chi connectivity index (χ3n) is 4.80. The van der Waals surface area contributed by atoms with Crippen LogP contribution in [-0.2, 0) is 4.79 Å². The zero-order valence-corrected chi connectivity index (χ0v) is 18.2. The Hall–Kier alpha value is -4.14. The molecule has 0 bridgehead atoms. The van der Waals surface area contributed by atoms with Crippen LogP contribution in [0.2, 0.25) is 0 Å². The Bertz CT molecular complexity index is 1110. The monoisotopic (exact) mass is 447 g/mol. The zero-order chi connectivity index (χ0) is 22.9. The number of aromatic nitrogens is 4. The first kappa shape index (κ1) is 22.1. The fraction of sp³-hybridized carbons (Fsp3) is 0.250. The number of carbonyl (C=O) groups is 1. The van der Waals surface area contributed by atoms with Gasteiger partial charge in [0.05, 0.1) is 12.3 Å². The van der Waals surface area contributed by atoms with Crippen LogP contribution in [0, 0.1) is 0 Å². The highest BCUT2D eigenvalue weighted by atomic mass is 16.6. The van der Waals surface area contributed by atoms with E-state index in [1.807, 2.05) is 24.3 Å². The van der Waals surface area contributed by atoms with Crippen LogP contribution >= 0.6 is 0 Å². The number of aromatic amines is 1. The molecule has 0 fully saturated rings. The molecule has 0 spiro atoms. The zero-order valence-electron chi connectivity index (χ0n) is 18.2. The second-order valence-electron chi connectivity index (χ2n) is 7.23. The van der Waals surface area contributed by atoms with Crippen molar-refractivity contribution in [1.82, 2.24) is 20.6 Å². The number of allylic oxidation sites excluding steroid dienone is 1. The summed E-state index contributed by atoms with van der Waals surface area (Å²) in [5.74, 6) is 1.85. The van der Waals surface area contributed by atoms with Crippen molar-refractivity contribution < 1.29 is 19.0 Å². The van der Waals surface area contributed by atoms with E-state index in [-0.39, 0.29) is 12.5 Å². The van der Waals surface area contributed by atoms with Gasteiger partial charge >= 0.3 is 0 Å². The Balaban J connectivity index is 1.34. The lowest BCUT2D eigenvalue weighted by atomic mass is 10.2. The van der Waals surface area contributed by atoms with Gasteiger partial charge < -0.3 is 19.5 Å². The number of nitrogens with zero attached hydrogens (tertiary/aromatic N) is 3. The van der Waals surface area contributed by atoms with E-state index in [2.05, 4.69) is 45.0 Å². The van der Waals surface area contributed by atoms with Gasteiger partial charge in [0, 0.05) is 6.08 Å². The number of H-pyrrole nitrogens is 1. The minimum atomic E-state index is -0.520. The number of ether oxygens (including phenoxy) is 3. The number of benzene rings is 2. The third-order valence-corrected chi connectivity index (χ3v) is 4.80. The second-order valence-corrected chi connectivity index (χ2v) is 7.23. The Kier molecular flexibility index (Phi) is 7.32. The summed E-state index contributed by atoms with van der Waals surface area (Å²) in [6.45, 7) is 2.99. The number of tetrazole rings is 1. The van der Waals surface area contributed by atoms with E-state index in [0.29, 0.717) is 29.6 Å². The maximum atomic E-state index is 12.5. The molecule has 0 radical (unpaired) electrons. The van der Waals surface area contributed by atoms with Crippen molar-refractivity contribution in [2.24, 2.45) is 0 Å². The van der Waals surface area contributed by atoms with Crippen LogP contribution in [0.1, 0.15) is 37.3 Å². The number of anilines is 1. The van der Waals surface area contributed by atoms with Crippen LogP contribution in [-0.4, -0.2) is 39.7 Å². The molecule has 0 saturated heterocycles. The quantitative estimate of drug-likeness (QED) is 0.289. The lowest BCUT2D eigenvalue weighted by Crippen LogP contribution is -2.24. The summed E-state index contributed by atoms with van der Waals surface area (Å²) in [5, 5.41) is 16.7. The molecule has 1 amide bonds. The molecule has 2 N–H and O–H groups in total. The molecule has 1 aliphatic heterocycles. The fourth-order valence-corrected chi connectivity index (χ4v) is 3.18. The average molecular weight is 447 g/mol. The summed E-state index contributed by atoms with van der Waals surface area (Å²) >= 11 is 0. The van der Waals surface area contributed by atoms with Gasteiger partial charge in [-0.15, -0.1) is 10.2 Å². The predicted octanol–water partition coefficient (Wildman–Crippen LogP) is 4.10. The first-order valence-electron chi connectivity index (χ1n) is 10.8. The van der Waals surface area contributed by atoms with Crippen molar-refractivity contribution in [3.63, 3.8) is 0 Å². The van der Waals surface area contributed by atoms with Crippen LogP contribution in [0.3, 0.4) is 0 Å². The van der Waals surface area contributed by atoms with Gasteiger partial charge in [-0.3, -0.25) is 4.79 Å². The van der Waals surface area contributed by atoms with Crippen LogP contribution < -0.4 is 19.5 Å². The molecule has 1 aromatic heterocycles. The van der Waals surface area contributed by atoms with Gasteiger partial charge in [0.2, 0.25) is 11.7 Å². The predicted molar refractivity (Wildman–Crippen MR) is 123 cm³/mol. The Morgan fingerprint density at radius 1 is 1.24 bits per heavy atom. The van der Waals surface area contributed by atoms with Crippen LogP contribution in [0.4, 0.5) is 5.69 Å². The van der Waals surface area contributed by atoms with Gasteiger partial charge in [-0.1, -0.05) is 42.5 Å². The average Bonchev–Trinajstić information content (AvgIpc) is 3.38. The van der Waals surface area contributed by atoms with Crippen LogP contribution in [0.25, 0.3) is 6.08 Å². The van der Waals surface area contributed by atoms with E-state index < -0.39 is 6.10 Å². The number of rotatable bonds is 9. The number of carbonyl (C=O) groups excluding carboxylic acids is 1. The van der Waals surface area contributed by atoms with Crippen molar-refractivity contribution in [3.05, 3.63) is 72.1 Å². The molecule has 4 rings (SSSR count). The van der Waals surface area contributed by atoms with Gasteiger partial charge in [0.1, 0.15) is 12.4 Å². The summed E-state index contributed by atoms with van der Waals surface area (Å²) in [6, 6.07) is 12.9. The van der Waals surface area contributed by atoms with Gasteiger partial charge in [-0.05, 0) is 48.7 Å². The van der Waals surface area contributed by atoms with Crippen molar-refractivity contribution in [2.75, 3.05) is 18.5 Å². The van der Waals surface area contributed by atoms with Gasteiger partial charge in [-0.25, -0.2) is 0 Å². The molecule has 33 heavy (non-hydrogen) atoms. The molecule has 9 heteroatoms. The molecule has 2 heterocycles. The molecule has 170 valence electrons. The Morgan fingerprint density at radius 3 is 2.91 bits per heavy atom. The first-order valence-corrected chi connectivity index (χ1v) is 10.8. The van der Waals surface area contributed by atoms with E-state index in [1.54, 1.807) is 24.3 Å². The molecule has 0 aliphatic carbocycles. The summed E-state index contributed by atoms with van der Waals surface area (Å²) in [7, 11) is 0. The maximum Gasteiger partial charge on any atom is 0.248 e. The minimum Gasteiger partial charge on any atom is -0.493 e. The van der Waals surface area contributed by atoms with Crippen molar-refractivity contribution in [1.29, 1.82) is 0 Å². The highest BCUT2D eigenvalue weighted by molar-refractivity contribution is 6.03. The number of hydrogen-bond acceptors (Lipinski definition) is 7. The van der Waals surface area contributed by atoms with Gasteiger partial charge in [-0.2, -0.15) is 5.21 Å². The highest BCUT2D eigenvalue weighted by Crippen LogP contribution is 2.41. The molecule has 1 aliphatic rings. The largest absolute Gasteiger partial charge is 0.493 e. The molecule has 9 nitrogen and oxygen atoms in total. The number of para-hydroxylation sites is 1. The number of hydrogen-bond donors (Lipinski definition) is 2. The van der Waals surface area contributed by atoms with Crippen molar-refractivity contribution >= 4 is 17.7 Å². The van der Waals surface area contributed by atoms with Crippen LogP contribution in [0.15, 0.2) is 60.7 Å². The molecule has 1 unspecified atom stereocenters. The van der Waals surface area contributed by atoms with E-state index in [4.69, 9.17) is 14.2 Å². The molecular weight excluding hydrogens is 422 g/mol. The fourth-order valence-electron chi connectivity index (χ4n) is 3.18. The summed E-state index contributed by atoms with van der Waals surface area (Å²) in [4.78, 5) is 12.5. The third kappa shape index (κ3) is 5.97. The van der Waals surface area contributed by atoms with E-state index >= 15 is 0 Å². The second kappa shape index (κ2) is 10.9. The minimum absolute atomic E-state index is 0.249. The standard InChI is InChI=1S/C24H25N5O4/c1-2-3-4-5-15-31-18-12-9-17(10-13-18)11-14-22(30)25-19-7-6-8-20-23(19)33-21(16-32-20)24-26-28-29-27-24/h3-4,6-14,21H,2,5,15-16H2,1H3,(H,25,30)(H,26,27,28,29). The topological polar surface area (TPSA) is 111 Å². The van der Waals surface area contributed by atoms with Gasteiger partial charge in [0.25, 0.3) is 0 Å². The lowest BCUT2D eigenvalue weighted by Gasteiger charge is -2.26. The number of nitrogens with one attached hydrogen (secondary N) is 2.